The number of hydrogen-bond donors (Lipinski definition) is 3. The molecule has 0 fully saturated rings. The van der Waals surface area contributed by atoms with Crippen molar-refractivity contribution >= 4 is 33.3 Å². The maximum absolute atomic E-state index is 13.7. The molecule has 11 heteroatoms. The quantitative estimate of drug-likeness (QED) is 0.367. The number of aliphatic hydroxyl groups is 1. The standard InChI is InChI=1S/C30H36N4O6S/c1-20-10-13-25(14-11-20)41(38,39)33(4)18-28-21(2)17-34(22(3)19-35)29(36)26-16-24(12-15-27(26)40-28)32-30(37)31-23-8-6-5-7-9-23/h5-16,21-22,28,35H,17-19H2,1-4H3,(H2,31,32,37)/t21-,22+,28+/m1/s1. The molecule has 1 aliphatic rings. The highest BCUT2D eigenvalue weighted by Gasteiger charge is 2.35. The van der Waals surface area contributed by atoms with E-state index in [1.54, 1.807) is 72.5 Å². The number of para-hydroxylation sites is 1. The van der Waals surface area contributed by atoms with E-state index in [9.17, 15) is 23.1 Å². The van der Waals surface area contributed by atoms with Crippen LogP contribution < -0.4 is 15.4 Å². The van der Waals surface area contributed by atoms with Gasteiger partial charge >= 0.3 is 6.03 Å². The molecule has 0 saturated heterocycles. The first kappa shape index (κ1) is 30.0. The predicted octanol–water partition coefficient (Wildman–Crippen LogP) is 4.18. The molecule has 3 N–H and O–H groups in total. The summed E-state index contributed by atoms with van der Waals surface area (Å²) in [6.45, 7) is 5.53. The van der Waals surface area contributed by atoms with Gasteiger partial charge in [-0.1, -0.05) is 42.8 Å². The number of carbonyl (C=O) groups excluding carboxylic acids is 2. The number of amides is 3. The lowest BCUT2D eigenvalue weighted by molar-refractivity contribution is 0.0387. The molecule has 0 aromatic heterocycles. The number of ether oxygens (including phenoxy) is 1. The maximum Gasteiger partial charge on any atom is 0.323 e. The zero-order chi connectivity index (χ0) is 29.7. The summed E-state index contributed by atoms with van der Waals surface area (Å²) in [5.41, 5.74) is 2.13. The van der Waals surface area contributed by atoms with Crippen LogP contribution in [-0.4, -0.2) is 73.6 Å². The van der Waals surface area contributed by atoms with Crippen LogP contribution >= 0.6 is 0 Å². The third-order valence-corrected chi connectivity index (χ3v) is 8.96. The van der Waals surface area contributed by atoms with Crippen molar-refractivity contribution in [3.8, 4) is 5.75 Å². The first-order chi connectivity index (χ1) is 19.5. The van der Waals surface area contributed by atoms with Crippen LogP contribution in [0.5, 0.6) is 5.75 Å². The van der Waals surface area contributed by atoms with E-state index in [2.05, 4.69) is 10.6 Å². The molecule has 0 saturated carbocycles. The second kappa shape index (κ2) is 12.7. The van der Waals surface area contributed by atoms with Gasteiger partial charge in [0.05, 0.1) is 29.7 Å². The van der Waals surface area contributed by atoms with Crippen molar-refractivity contribution in [1.29, 1.82) is 0 Å². The monoisotopic (exact) mass is 580 g/mol. The number of aryl methyl sites for hydroxylation is 1. The highest BCUT2D eigenvalue weighted by Crippen LogP contribution is 2.31. The molecule has 4 rings (SSSR count). The predicted molar refractivity (Wildman–Crippen MR) is 158 cm³/mol. The number of aliphatic hydroxyl groups excluding tert-OH is 1. The normalized spacial score (nSPS) is 18.1. The molecule has 10 nitrogen and oxygen atoms in total. The van der Waals surface area contributed by atoms with Crippen LogP contribution in [-0.2, 0) is 10.0 Å². The molecule has 3 amide bonds. The number of carbonyl (C=O) groups is 2. The van der Waals surface area contributed by atoms with Crippen LogP contribution in [0.4, 0.5) is 16.2 Å². The summed E-state index contributed by atoms with van der Waals surface area (Å²) < 4.78 is 34.2. The van der Waals surface area contributed by atoms with Gasteiger partial charge in [0.25, 0.3) is 5.91 Å². The summed E-state index contributed by atoms with van der Waals surface area (Å²) in [7, 11) is -2.29. The Morgan fingerprint density at radius 3 is 2.39 bits per heavy atom. The van der Waals surface area contributed by atoms with Crippen molar-refractivity contribution in [2.75, 3.05) is 37.4 Å². The molecular formula is C30H36N4O6S. The maximum atomic E-state index is 13.7. The summed E-state index contributed by atoms with van der Waals surface area (Å²) in [6.07, 6.45) is -0.611. The van der Waals surface area contributed by atoms with E-state index in [0.29, 0.717) is 11.4 Å². The van der Waals surface area contributed by atoms with Crippen molar-refractivity contribution in [2.24, 2.45) is 5.92 Å². The van der Waals surface area contributed by atoms with Crippen LogP contribution in [0.1, 0.15) is 29.8 Å². The molecule has 0 bridgehead atoms. The number of rotatable bonds is 8. The van der Waals surface area contributed by atoms with Gasteiger partial charge in [0.2, 0.25) is 10.0 Å². The number of fused-ring (bicyclic) bond motifs is 1. The fourth-order valence-electron chi connectivity index (χ4n) is 4.57. The number of sulfonamides is 1. The molecule has 3 aromatic rings. The second-order valence-electron chi connectivity index (χ2n) is 10.4. The van der Waals surface area contributed by atoms with Gasteiger partial charge in [-0.25, -0.2) is 13.2 Å². The van der Waals surface area contributed by atoms with Gasteiger partial charge in [0.1, 0.15) is 11.9 Å². The average molecular weight is 581 g/mol. The van der Waals surface area contributed by atoms with E-state index >= 15 is 0 Å². The van der Waals surface area contributed by atoms with E-state index in [0.717, 1.165) is 5.56 Å². The zero-order valence-corrected chi connectivity index (χ0v) is 24.4. The Kier molecular flexibility index (Phi) is 9.31. The lowest BCUT2D eigenvalue weighted by atomic mass is 9.99. The van der Waals surface area contributed by atoms with Crippen LogP contribution in [0, 0.1) is 12.8 Å². The minimum Gasteiger partial charge on any atom is -0.488 e. The minimum atomic E-state index is -3.79. The number of likely N-dealkylation sites (N-methyl/N-ethyl adjacent to an activating group) is 1. The third-order valence-electron chi connectivity index (χ3n) is 7.12. The van der Waals surface area contributed by atoms with Gasteiger partial charge in [-0.15, -0.1) is 0 Å². The lowest BCUT2D eigenvalue weighted by Crippen LogP contribution is -2.50. The van der Waals surface area contributed by atoms with E-state index in [1.165, 1.54) is 17.4 Å². The third kappa shape index (κ3) is 7.05. The largest absolute Gasteiger partial charge is 0.488 e. The molecule has 0 unspecified atom stereocenters. The Balaban J connectivity index is 1.61. The van der Waals surface area contributed by atoms with Crippen molar-refractivity contribution in [3.63, 3.8) is 0 Å². The molecule has 3 aromatic carbocycles. The molecule has 218 valence electrons. The highest BCUT2D eigenvalue weighted by molar-refractivity contribution is 7.89. The Morgan fingerprint density at radius 1 is 1.07 bits per heavy atom. The minimum absolute atomic E-state index is 0.0336. The van der Waals surface area contributed by atoms with Gasteiger partial charge in [-0.2, -0.15) is 4.31 Å². The Bertz CT molecular complexity index is 1480. The summed E-state index contributed by atoms with van der Waals surface area (Å²) in [5.74, 6) is -0.373. The topological polar surface area (TPSA) is 128 Å². The highest BCUT2D eigenvalue weighted by atomic mass is 32.2. The zero-order valence-electron chi connectivity index (χ0n) is 23.6. The molecule has 3 atom stereocenters. The van der Waals surface area contributed by atoms with Crippen molar-refractivity contribution in [2.45, 2.75) is 37.8 Å². The van der Waals surface area contributed by atoms with E-state index in [4.69, 9.17) is 4.74 Å². The molecule has 1 heterocycles. The molecule has 0 spiro atoms. The van der Waals surface area contributed by atoms with Crippen molar-refractivity contribution in [1.82, 2.24) is 9.21 Å². The van der Waals surface area contributed by atoms with E-state index in [-0.39, 0.29) is 47.7 Å². The number of nitrogens with one attached hydrogen (secondary N) is 2. The molecular weight excluding hydrogens is 544 g/mol. The lowest BCUT2D eigenvalue weighted by Gasteiger charge is -2.38. The second-order valence-corrected chi connectivity index (χ2v) is 12.4. The number of urea groups is 1. The summed E-state index contributed by atoms with van der Waals surface area (Å²) in [5, 5.41) is 15.4. The molecule has 1 aliphatic heterocycles. The van der Waals surface area contributed by atoms with Gasteiger partial charge in [-0.3, -0.25) is 4.79 Å². The fraction of sp³-hybridized carbons (Fsp3) is 0.333. The summed E-state index contributed by atoms with van der Waals surface area (Å²) >= 11 is 0. The summed E-state index contributed by atoms with van der Waals surface area (Å²) in [4.78, 5) is 28.0. The molecule has 0 aliphatic carbocycles. The van der Waals surface area contributed by atoms with E-state index in [1.807, 2.05) is 19.9 Å². The van der Waals surface area contributed by atoms with Crippen LogP contribution in [0.2, 0.25) is 0 Å². The number of anilines is 2. The van der Waals surface area contributed by atoms with Crippen molar-refractivity contribution < 1.29 is 27.9 Å². The Hall–Kier alpha value is -3.93. The molecule has 0 radical (unpaired) electrons. The first-order valence-electron chi connectivity index (χ1n) is 13.4. The number of nitrogens with zero attached hydrogens (tertiary/aromatic N) is 2. The molecule has 41 heavy (non-hydrogen) atoms. The number of hydrogen-bond acceptors (Lipinski definition) is 6. The van der Waals surface area contributed by atoms with Gasteiger partial charge in [0.15, 0.2) is 0 Å². The van der Waals surface area contributed by atoms with Gasteiger partial charge in [-0.05, 0) is 56.3 Å². The fourth-order valence-corrected chi connectivity index (χ4v) is 5.76. The Morgan fingerprint density at radius 2 is 1.73 bits per heavy atom. The average Bonchev–Trinajstić information content (AvgIpc) is 2.95. The van der Waals surface area contributed by atoms with E-state index < -0.39 is 28.2 Å². The van der Waals surface area contributed by atoms with Gasteiger partial charge < -0.3 is 25.4 Å². The van der Waals surface area contributed by atoms with Crippen molar-refractivity contribution in [3.05, 3.63) is 83.9 Å². The SMILES string of the molecule is Cc1ccc(S(=O)(=O)N(C)C[C@@H]2Oc3ccc(NC(=O)Nc4ccccc4)cc3C(=O)N([C@@H](C)CO)C[C@H]2C)cc1. The first-order valence-corrected chi connectivity index (χ1v) is 14.8. The van der Waals surface area contributed by atoms with Crippen LogP contribution in [0.25, 0.3) is 0 Å². The van der Waals surface area contributed by atoms with Crippen LogP contribution in [0.3, 0.4) is 0 Å². The Labute approximate surface area is 241 Å². The van der Waals surface area contributed by atoms with Crippen LogP contribution in [0.15, 0.2) is 77.7 Å². The number of benzene rings is 3. The van der Waals surface area contributed by atoms with Gasteiger partial charge in [0, 0.05) is 30.9 Å². The smallest absolute Gasteiger partial charge is 0.323 e. The summed E-state index contributed by atoms with van der Waals surface area (Å²) in [6, 6.07) is 19.3.